The number of guanidine groups is 1. The summed E-state index contributed by atoms with van der Waals surface area (Å²) in [7, 11) is 3.42. The summed E-state index contributed by atoms with van der Waals surface area (Å²) in [4.78, 5) is 17.8. The molecule has 7 heteroatoms. The van der Waals surface area contributed by atoms with Crippen LogP contribution in [0, 0.1) is 5.82 Å². The van der Waals surface area contributed by atoms with Gasteiger partial charge >= 0.3 is 0 Å². The average molecular weight is 324 g/mol. The van der Waals surface area contributed by atoms with Gasteiger partial charge in [0.1, 0.15) is 12.4 Å². The highest BCUT2D eigenvalue weighted by atomic mass is 19.1. The Bertz CT molecular complexity index is 523. The van der Waals surface area contributed by atoms with Crippen molar-refractivity contribution in [2.24, 2.45) is 4.99 Å². The highest BCUT2D eigenvalue weighted by Gasteiger charge is 2.08. The molecule has 0 aliphatic carbocycles. The number of nitrogens with one attached hydrogen (secondary N) is 2. The van der Waals surface area contributed by atoms with Crippen LogP contribution in [-0.2, 0) is 16.1 Å². The Morgan fingerprint density at radius 3 is 2.83 bits per heavy atom. The van der Waals surface area contributed by atoms with E-state index in [-0.39, 0.29) is 18.3 Å². The third-order valence-electron chi connectivity index (χ3n) is 3.01. The summed E-state index contributed by atoms with van der Waals surface area (Å²) in [5.41, 5.74) is 0.836. The predicted octanol–water partition coefficient (Wildman–Crippen LogP) is 0.986. The molecule has 1 rings (SSSR count). The number of ether oxygens (including phenoxy) is 1. The standard InChI is InChI=1S/C16H25FN4O2/c1-4-18-16(20-11-15(22)19-8-9-23-3)21(2)12-13-6-5-7-14(17)10-13/h5-7,10H,4,8-9,11-12H2,1-3H3,(H,18,20)(H,19,22). The third kappa shape index (κ3) is 7.60. The zero-order chi connectivity index (χ0) is 17.1. The summed E-state index contributed by atoms with van der Waals surface area (Å²) in [5, 5.41) is 5.83. The summed E-state index contributed by atoms with van der Waals surface area (Å²) in [5.74, 6) is 0.158. The van der Waals surface area contributed by atoms with E-state index < -0.39 is 0 Å². The quantitative estimate of drug-likeness (QED) is 0.425. The Kier molecular flexibility index (Phi) is 8.67. The van der Waals surface area contributed by atoms with Gasteiger partial charge in [0.05, 0.1) is 6.61 Å². The van der Waals surface area contributed by atoms with Crippen molar-refractivity contribution in [1.82, 2.24) is 15.5 Å². The van der Waals surface area contributed by atoms with E-state index in [4.69, 9.17) is 4.74 Å². The van der Waals surface area contributed by atoms with E-state index in [0.29, 0.717) is 32.2 Å². The number of carbonyl (C=O) groups excluding carboxylic acids is 1. The van der Waals surface area contributed by atoms with Crippen LogP contribution in [0.15, 0.2) is 29.3 Å². The van der Waals surface area contributed by atoms with Gasteiger partial charge in [0, 0.05) is 33.8 Å². The molecule has 1 aromatic carbocycles. The van der Waals surface area contributed by atoms with E-state index in [0.717, 1.165) is 5.56 Å². The van der Waals surface area contributed by atoms with E-state index in [1.807, 2.05) is 24.9 Å². The molecule has 128 valence electrons. The molecular weight excluding hydrogens is 299 g/mol. The molecule has 0 saturated heterocycles. The highest BCUT2D eigenvalue weighted by Crippen LogP contribution is 2.06. The van der Waals surface area contributed by atoms with Crippen molar-refractivity contribution in [2.45, 2.75) is 13.5 Å². The lowest BCUT2D eigenvalue weighted by molar-refractivity contribution is -0.119. The Morgan fingerprint density at radius 1 is 1.39 bits per heavy atom. The summed E-state index contributed by atoms with van der Waals surface area (Å²) < 4.78 is 18.1. The SMILES string of the molecule is CCNC(=NCC(=O)NCCOC)N(C)Cc1cccc(F)c1. The van der Waals surface area contributed by atoms with Gasteiger partial charge in [-0.15, -0.1) is 0 Å². The van der Waals surface area contributed by atoms with E-state index in [1.54, 1.807) is 13.2 Å². The smallest absolute Gasteiger partial charge is 0.241 e. The van der Waals surface area contributed by atoms with Gasteiger partial charge < -0.3 is 20.3 Å². The molecule has 2 N–H and O–H groups in total. The Balaban J connectivity index is 2.61. The van der Waals surface area contributed by atoms with Crippen LogP contribution in [0.2, 0.25) is 0 Å². The number of methoxy groups -OCH3 is 1. The molecule has 0 saturated carbocycles. The molecule has 23 heavy (non-hydrogen) atoms. The third-order valence-corrected chi connectivity index (χ3v) is 3.01. The molecule has 0 fully saturated rings. The first kappa shape index (κ1) is 18.9. The first-order valence-electron chi connectivity index (χ1n) is 7.56. The number of benzene rings is 1. The predicted molar refractivity (Wildman–Crippen MR) is 88.7 cm³/mol. The van der Waals surface area contributed by atoms with Crippen LogP contribution in [-0.4, -0.2) is 57.2 Å². The maximum Gasteiger partial charge on any atom is 0.241 e. The van der Waals surface area contributed by atoms with Crippen LogP contribution in [0.3, 0.4) is 0 Å². The topological polar surface area (TPSA) is 66.0 Å². The maximum atomic E-state index is 13.2. The van der Waals surface area contributed by atoms with Crippen LogP contribution in [0.4, 0.5) is 4.39 Å². The molecular formula is C16H25FN4O2. The maximum absolute atomic E-state index is 13.2. The normalized spacial score (nSPS) is 11.2. The second-order valence-electron chi connectivity index (χ2n) is 5.00. The van der Waals surface area contributed by atoms with Crippen LogP contribution in [0.5, 0.6) is 0 Å². The van der Waals surface area contributed by atoms with E-state index >= 15 is 0 Å². The summed E-state index contributed by atoms with van der Waals surface area (Å²) in [6.07, 6.45) is 0. The lowest BCUT2D eigenvalue weighted by atomic mass is 10.2. The molecule has 0 aliphatic heterocycles. The van der Waals surface area contributed by atoms with Gasteiger partial charge in [0.2, 0.25) is 5.91 Å². The van der Waals surface area contributed by atoms with Crippen molar-refractivity contribution in [3.8, 4) is 0 Å². The molecule has 1 amide bonds. The molecule has 0 aliphatic rings. The van der Waals surface area contributed by atoms with Crippen LogP contribution < -0.4 is 10.6 Å². The molecule has 0 atom stereocenters. The van der Waals surface area contributed by atoms with Crippen LogP contribution in [0.25, 0.3) is 0 Å². The van der Waals surface area contributed by atoms with Gasteiger partial charge in [0.25, 0.3) is 0 Å². The lowest BCUT2D eigenvalue weighted by Gasteiger charge is -2.22. The van der Waals surface area contributed by atoms with Crippen molar-refractivity contribution in [2.75, 3.05) is 40.4 Å². The van der Waals surface area contributed by atoms with E-state index in [9.17, 15) is 9.18 Å². The van der Waals surface area contributed by atoms with Crippen molar-refractivity contribution >= 4 is 11.9 Å². The molecule has 0 heterocycles. The number of rotatable bonds is 8. The average Bonchev–Trinajstić information content (AvgIpc) is 2.51. The molecule has 0 bridgehead atoms. The number of hydrogen-bond donors (Lipinski definition) is 2. The number of nitrogens with zero attached hydrogens (tertiary/aromatic N) is 2. The van der Waals surface area contributed by atoms with E-state index in [2.05, 4.69) is 15.6 Å². The summed E-state index contributed by atoms with van der Waals surface area (Å²) in [6, 6.07) is 6.41. The van der Waals surface area contributed by atoms with Gasteiger partial charge in [-0.1, -0.05) is 12.1 Å². The van der Waals surface area contributed by atoms with E-state index in [1.165, 1.54) is 12.1 Å². The monoisotopic (exact) mass is 324 g/mol. The minimum absolute atomic E-state index is 0.0273. The number of carbonyl (C=O) groups is 1. The minimum Gasteiger partial charge on any atom is -0.383 e. The van der Waals surface area contributed by atoms with Crippen molar-refractivity contribution in [1.29, 1.82) is 0 Å². The number of aliphatic imine (C=N–C) groups is 1. The zero-order valence-corrected chi connectivity index (χ0v) is 13.9. The van der Waals surface area contributed by atoms with Crippen molar-refractivity contribution in [3.63, 3.8) is 0 Å². The van der Waals surface area contributed by atoms with Crippen LogP contribution in [0.1, 0.15) is 12.5 Å². The molecule has 0 aromatic heterocycles. The zero-order valence-electron chi connectivity index (χ0n) is 13.9. The number of amides is 1. The minimum atomic E-state index is -0.268. The molecule has 0 spiro atoms. The fourth-order valence-electron chi connectivity index (χ4n) is 1.95. The Hall–Kier alpha value is -2.15. The number of hydrogen-bond acceptors (Lipinski definition) is 3. The second-order valence-corrected chi connectivity index (χ2v) is 5.00. The van der Waals surface area contributed by atoms with Crippen molar-refractivity contribution < 1.29 is 13.9 Å². The summed E-state index contributed by atoms with van der Waals surface area (Å²) >= 11 is 0. The fourth-order valence-corrected chi connectivity index (χ4v) is 1.95. The molecule has 0 radical (unpaired) electrons. The molecule has 6 nitrogen and oxygen atoms in total. The van der Waals surface area contributed by atoms with Crippen LogP contribution >= 0.6 is 0 Å². The largest absolute Gasteiger partial charge is 0.383 e. The number of halogens is 1. The van der Waals surface area contributed by atoms with Gasteiger partial charge in [-0.25, -0.2) is 9.38 Å². The fraction of sp³-hybridized carbons (Fsp3) is 0.500. The first-order valence-corrected chi connectivity index (χ1v) is 7.56. The Morgan fingerprint density at radius 2 is 2.17 bits per heavy atom. The van der Waals surface area contributed by atoms with Gasteiger partial charge in [-0.3, -0.25) is 4.79 Å². The highest BCUT2D eigenvalue weighted by molar-refractivity contribution is 5.84. The first-order chi connectivity index (χ1) is 11.1. The molecule has 1 aromatic rings. The second kappa shape index (κ2) is 10.6. The van der Waals surface area contributed by atoms with Crippen molar-refractivity contribution in [3.05, 3.63) is 35.6 Å². The Labute approximate surface area is 136 Å². The molecule has 0 unspecified atom stereocenters. The van der Waals surface area contributed by atoms with Gasteiger partial charge in [-0.2, -0.15) is 0 Å². The van der Waals surface area contributed by atoms with Gasteiger partial charge in [0.15, 0.2) is 5.96 Å². The summed E-state index contributed by atoms with van der Waals surface area (Å²) in [6.45, 7) is 4.08. The van der Waals surface area contributed by atoms with Gasteiger partial charge in [-0.05, 0) is 24.6 Å². The lowest BCUT2D eigenvalue weighted by Crippen LogP contribution is -2.39.